The summed E-state index contributed by atoms with van der Waals surface area (Å²) in [6, 6.07) is 4.17. The van der Waals surface area contributed by atoms with E-state index < -0.39 is 6.04 Å². The Morgan fingerprint density at radius 1 is 1.50 bits per heavy atom. The van der Waals surface area contributed by atoms with Crippen LogP contribution in [0.15, 0.2) is 29.1 Å². The summed E-state index contributed by atoms with van der Waals surface area (Å²) >= 11 is 1.38. The van der Waals surface area contributed by atoms with Gasteiger partial charge in [0.15, 0.2) is 0 Å². The minimum absolute atomic E-state index is 0.232. The van der Waals surface area contributed by atoms with E-state index in [1.165, 1.54) is 17.4 Å². The lowest BCUT2D eigenvalue weighted by molar-refractivity contribution is -0.122. The van der Waals surface area contributed by atoms with Gasteiger partial charge in [-0.2, -0.15) is 0 Å². The van der Waals surface area contributed by atoms with Crippen LogP contribution in [0, 0.1) is 5.82 Å². The average Bonchev–Trinajstić information content (AvgIpc) is 3.00. The van der Waals surface area contributed by atoms with Crippen LogP contribution in [0.5, 0.6) is 0 Å². The van der Waals surface area contributed by atoms with Crippen molar-refractivity contribution in [3.05, 3.63) is 51.7 Å². The van der Waals surface area contributed by atoms with Crippen LogP contribution in [0.2, 0.25) is 0 Å². The summed E-state index contributed by atoms with van der Waals surface area (Å²) in [5, 5.41) is 4.43. The second kappa shape index (κ2) is 7.44. The molecule has 1 unspecified atom stereocenters. The van der Waals surface area contributed by atoms with Crippen molar-refractivity contribution in [2.24, 2.45) is 5.73 Å². The topological polar surface area (TPSA) is 71.2 Å². The van der Waals surface area contributed by atoms with E-state index in [-0.39, 0.29) is 18.3 Å². The Bertz CT molecular complexity index is 630. The van der Waals surface area contributed by atoms with Crippen molar-refractivity contribution in [2.75, 3.05) is 14.1 Å². The molecule has 1 heterocycles. The van der Waals surface area contributed by atoms with E-state index in [1.54, 1.807) is 23.0 Å². The van der Waals surface area contributed by atoms with Crippen LogP contribution in [0.4, 0.5) is 4.39 Å². The van der Waals surface area contributed by atoms with Crippen LogP contribution in [-0.4, -0.2) is 29.9 Å². The summed E-state index contributed by atoms with van der Waals surface area (Å²) in [6.45, 7) is 0.767. The molecule has 0 fully saturated rings. The van der Waals surface area contributed by atoms with Crippen molar-refractivity contribution in [3.8, 4) is 0 Å². The van der Waals surface area contributed by atoms with Crippen LogP contribution in [0.1, 0.15) is 22.9 Å². The van der Waals surface area contributed by atoms with Crippen molar-refractivity contribution >= 4 is 17.2 Å². The number of carbonyl (C=O) groups is 1. The van der Waals surface area contributed by atoms with E-state index in [0.717, 1.165) is 0 Å². The van der Waals surface area contributed by atoms with Gasteiger partial charge in [0.1, 0.15) is 11.9 Å². The third-order valence-electron chi connectivity index (χ3n) is 3.12. The maximum absolute atomic E-state index is 13.9. The number of halogens is 1. The number of rotatable bonds is 6. The molecular formula is C15H19FN4OS. The summed E-state index contributed by atoms with van der Waals surface area (Å²) in [6.07, 6.45) is 0. The molecule has 0 saturated heterocycles. The lowest BCUT2D eigenvalue weighted by Crippen LogP contribution is -2.33. The first kappa shape index (κ1) is 16.5. The summed E-state index contributed by atoms with van der Waals surface area (Å²) < 4.78 is 13.9. The molecule has 5 nitrogen and oxygen atoms in total. The van der Waals surface area contributed by atoms with Crippen LogP contribution >= 0.6 is 11.3 Å². The lowest BCUT2D eigenvalue weighted by Gasteiger charge is -2.13. The molecule has 0 spiro atoms. The van der Waals surface area contributed by atoms with Gasteiger partial charge >= 0.3 is 0 Å². The van der Waals surface area contributed by atoms with E-state index in [2.05, 4.69) is 10.3 Å². The van der Waals surface area contributed by atoms with Gasteiger partial charge in [-0.25, -0.2) is 9.37 Å². The number of nitrogens with zero attached hydrogens (tertiary/aromatic N) is 2. The predicted molar refractivity (Wildman–Crippen MR) is 84.7 cm³/mol. The second-order valence-corrected chi connectivity index (χ2v) is 5.99. The van der Waals surface area contributed by atoms with Crippen molar-refractivity contribution in [2.45, 2.75) is 19.1 Å². The average molecular weight is 322 g/mol. The minimum Gasteiger partial charge on any atom is -0.350 e. The van der Waals surface area contributed by atoms with Gasteiger partial charge in [0.25, 0.3) is 0 Å². The Kier molecular flexibility index (Phi) is 5.59. The first-order valence-electron chi connectivity index (χ1n) is 6.81. The molecule has 0 saturated carbocycles. The number of nitrogens with two attached hydrogens (primary N) is 1. The third-order valence-corrected chi connectivity index (χ3v) is 3.73. The largest absolute Gasteiger partial charge is 0.350 e. The van der Waals surface area contributed by atoms with E-state index in [4.69, 9.17) is 5.73 Å². The molecule has 1 aromatic carbocycles. The maximum Gasteiger partial charge on any atom is 0.243 e. The maximum atomic E-state index is 13.9. The molecule has 1 atom stereocenters. The summed E-state index contributed by atoms with van der Waals surface area (Å²) in [5.41, 5.74) is 9.29. The van der Waals surface area contributed by atoms with Crippen molar-refractivity contribution < 1.29 is 9.18 Å². The van der Waals surface area contributed by atoms with Gasteiger partial charge in [-0.15, -0.1) is 11.3 Å². The molecule has 1 amide bonds. The highest BCUT2D eigenvalue weighted by Gasteiger charge is 2.17. The molecule has 0 aliphatic heterocycles. The van der Waals surface area contributed by atoms with Crippen LogP contribution in [0.3, 0.4) is 0 Å². The molecule has 22 heavy (non-hydrogen) atoms. The first-order chi connectivity index (χ1) is 10.5. The summed E-state index contributed by atoms with van der Waals surface area (Å²) in [5.74, 6) is -0.604. The lowest BCUT2D eigenvalue weighted by atomic mass is 10.1. The van der Waals surface area contributed by atoms with Gasteiger partial charge in [-0.1, -0.05) is 12.1 Å². The summed E-state index contributed by atoms with van der Waals surface area (Å²) in [4.78, 5) is 17.8. The highest BCUT2D eigenvalue weighted by Crippen LogP contribution is 2.13. The number of hydrogen-bond donors (Lipinski definition) is 2. The molecule has 0 aliphatic carbocycles. The fraction of sp³-hybridized carbons (Fsp3) is 0.333. The quantitative estimate of drug-likeness (QED) is 0.848. The fourth-order valence-corrected chi connectivity index (χ4v) is 2.57. The third kappa shape index (κ3) is 4.33. The van der Waals surface area contributed by atoms with E-state index in [9.17, 15) is 9.18 Å². The number of aromatic nitrogens is 1. The van der Waals surface area contributed by atoms with E-state index in [1.807, 2.05) is 19.0 Å². The van der Waals surface area contributed by atoms with Crippen molar-refractivity contribution in [1.82, 2.24) is 15.2 Å². The smallest absolute Gasteiger partial charge is 0.243 e. The zero-order valence-corrected chi connectivity index (χ0v) is 13.4. The molecule has 2 rings (SSSR count). The fourth-order valence-electron chi connectivity index (χ4n) is 1.98. The zero-order chi connectivity index (χ0) is 16.1. The highest BCUT2D eigenvalue weighted by molar-refractivity contribution is 7.07. The molecule has 3 N–H and O–H groups in total. The number of amides is 1. The molecule has 118 valence electrons. The predicted octanol–water partition coefficient (Wildman–Crippen LogP) is 1.66. The van der Waals surface area contributed by atoms with Gasteiger partial charge in [0, 0.05) is 24.0 Å². The van der Waals surface area contributed by atoms with Crippen LogP contribution in [0.25, 0.3) is 0 Å². The molecule has 7 heteroatoms. The number of hydrogen-bond acceptors (Lipinski definition) is 5. The van der Waals surface area contributed by atoms with Gasteiger partial charge in [-0.05, 0) is 25.7 Å². The monoisotopic (exact) mass is 322 g/mol. The SMILES string of the molecule is CN(C)Cc1ccc(CNC(=O)C(N)c2cscn2)cc1F. The molecule has 0 bridgehead atoms. The van der Waals surface area contributed by atoms with Crippen molar-refractivity contribution in [3.63, 3.8) is 0 Å². The normalized spacial score (nSPS) is 12.4. The van der Waals surface area contributed by atoms with Crippen LogP contribution in [-0.2, 0) is 17.9 Å². The Balaban J connectivity index is 1.94. The van der Waals surface area contributed by atoms with Gasteiger partial charge in [0.2, 0.25) is 5.91 Å². The number of thiazole rings is 1. The van der Waals surface area contributed by atoms with Gasteiger partial charge in [-0.3, -0.25) is 4.79 Å². The number of carbonyl (C=O) groups excluding carboxylic acids is 1. The van der Waals surface area contributed by atoms with Crippen LogP contribution < -0.4 is 11.1 Å². The van der Waals surface area contributed by atoms with E-state index in [0.29, 0.717) is 23.4 Å². The standard InChI is InChI=1S/C15H19FN4OS/c1-20(2)7-11-4-3-10(5-12(11)16)6-18-15(21)14(17)13-8-22-9-19-13/h3-5,8-9,14H,6-7,17H2,1-2H3,(H,18,21). The van der Waals surface area contributed by atoms with Gasteiger partial charge in [0.05, 0.1) is 11.2 Å². The second-order valence-electron chi connectivity index (χ2n) is 5.27. The number of nitrogens with one attached hydrogen (secondary N) is 1. The Morgan fingerprint density at radius 2 is 2.27 bits per heavy atom. The number of benzene rings is 1. The van der Waals surface area contributed by atoms with Gasteiger partial charge < -0.3 is 16.0 Å². The Labute approximate surface area is 133 Å². The molecular weight excluding hydrogens is 303 g/mol. The molecule has 1 aromatic heterocycles. The molecule has 2 aromatic rings. The van der Waals surface area contributed by atoms with Crippen molar-refractivity contribution in [1.29, 1.82) is 0 Å². The zero-order valence-electron chi connectivity index (χ0n) is 12.5. The summed E-state index contributed by atoms with van der Waals surface area (Å²) in [7, 11) is 3.76. The Hall–Kier alpha value is -1.83. The first-order valence-corrected chi connectivity index (χ1v) is 7.75. The highest BCUT2D eigenvalue weighted by atomic mass is 32.1. The van der Waals surface area contributed by atoms with E-state index >= 15 is 0 Å². The molecule has 0 radical (unpaired) electrons. The molecule has 0 aliphatic rings. The minimum atomic E-state index is -0.802. The Morgan fingerprint density at radius 3 is 2.86 bits per heavy atom.